The van der Waals surface area contributed by atoms with E-state index < -0.39 is 6.10 Å². The molecule has 1 aromatic rings. The molecule has 1 aliphatic rings. The number of aliphatic hydroxyl groups is 1. The molecule has 0 radical (unpaired) electrons. The summed E-state index contributed by atoms with van der Waals surface area (Å²) in [6, 6.07) is 5.42. The van der Waals surface area contributed by atoms with Crippen LogP contribution in [0.1, 0.15) is 51.7 Å². The highest BCUT2D eigenvalue weighted by molar-refractivity contribution is 5.79. The summed E-state index contributed by atoms with van der Waals surface area (Å²) in [5.74, 6) is 2.02. The molecule has 0 saturated carbocycles. The normalized spacial score (nSPS) is 17.0. The third kappa shape index (κ3) is 6.78. The minimum atomic E-state index is -0.751. The van der Waals surface area contributed by atoms with E-state index in [4.69, 9.17) is 14.5 Å². The minimum absolute atomic E-state index is 0.0113. The van der Waals surface area contributed by atoms with Crippen molar-refractivity contribution >= 4 is 5.96 Å². The number of aliphatic imine (C=N–C) groups is 1. The third-order valence-electron chi connectivity index (χ3n) is 5.44. The van der Waals surface area contributed by atoms with Crippen LogP contribution >= 0.6 is 0 Å². The average Bonchev–Trinajstić information content (AvgIpc) is 2.75. The summed E-state index contributed by atoms with van der Waals surface area (Å²) in [6.45, 7) is 10.6. The molecule has 0 spiro atoms. The van der Waals surface area contributed by atoms with Crippen molar-refractivity contribution in [3.8, 4) is 11.5 Å². The predicted octanol–water partition coefficient (Wildman–Crippen LogP) is 2.56. The fraction of sp³-hybridized carbons (Fsp3) is 0.682. The van der Waals surface area contributed by atoms with Crippen LogP contribution in [0.5, 0.6) is 11.5 Å². The molecule has 7 heteroatoms. The van der Waals surface area contributed by atoms with Crippen molar-refractivity contribution in [2.24, 2.45) is 4.99 Å². The highest BCUT2D eigenvalue weighted by Gasteiger charge is 2.27. The maximum Gasteiger partial charge on any atom is 0.191 e. The highest BCUT2D eigenvalue weighted by atomic mass is 16.5. The molecular weight excluding hydrogens is 368 g/mol. The Kier molecular flexibility index (Phi) is 9.04. The van der Waals surface area contributed by atoms with Gasteiger partial charge in [-0.3, -0.25) is 9.89 Å². The van der Waals surface area contributed by atoms with E-state index >= 15 is 0 Å². The number of likely N-dealkylation sites (tertiary alicyclic amines) is 1. The number of nitrogens with one attached hydrogen (secondary N) is 2. The molecule has 7 nitrogen and oxygen atoms in total. The van der Waals surface area contributed by atoms with Gasteiger partial charge in [-0.2, -0.15) is 0 Å². The molecule has 0 aliphatic carbocycles. The first-order chi connectivity index (χ1) is 13.9. The van der Waals surface area contributed by atoms with E-state index in [0.29, 0.717) is 36.1 Å². The molecule has 1 unspecified atom stereocenters. The zero-order chi connectivity index (χ0) is 21.3. The summed E-state index contributed by atoms with van der Waals surface area (Å²) in [4.78, 5) is 7.32. The first-order valence-electron chi connectivity index (χ1n) is 10.6. The second-order valence-corrected chi connectivity index (χ2v) is 8.06. The van der Waals surface area contributed by atoms with Crippen LogP contribution in [0.3, 0.4) is 0 Å². The van der Waals surface area contributed by atoms with Crippen LogP contribution in [0.4, 0.5) is 0 Å². The number of rotatable bonds is 9. The van der Waals surface area contributed by atoms with E-state index in [1.807, 2.05) is 13.0 Å². The first kappa shape index (κ1) is 23.3. The van der Waals surface area contributed by atoms with Gasteiger partial charge in [0.15, 0.2) is 5.96 Å². The topological polar surface area (TPSA) is 78.4 Å². The SMILES string of the molecule is CCNC(=NCC(C)(C)N1CCCCC1)NCC(O)c1cc(OC)ccc1OC. The molecule has 164 valence electrons. The van der Waals surface area contributed by atoms with Crippen molar-refractivity contribution in [3.63, 3.8) is 0 Å². The molecular formula is C22H38N4O3. The molecule has 1 heterocycles. The van der Waals surface area contributed by atoms with E-state index in [2.05, 4.69) is 29.4 Å². The van der Waals surface area contributed by atoms with Crippen molar-refractivity contribution in [2.45, 2.75) is 51.7 Å². The van der Waals surface area contributed by atoms with Gasteiger partial charge >= 0.3 is 0 Å². The molecule has 3 N–H and O–H groups in total. The molecule has 1 saturated heterocycles. The molecule has 0 aromatic heterocycles. The number of aliphatic hydroxyl groups excluding tert-OH is 1. The standard InChI is InChI=1S/C22H38N4O3/c1-6-23-21(25-16-22(2,3)26-12-8-7-9-13-26)24-15-19(27)18-14-17(28-4)10-11-20(18)29-5/h10-11,14,19,27H,6-9,12-13,15-16H2,1-5H3,(H2,23,24,25). The Hall–Kier alpha value is -1.99. The summed E-state index contributed by atoms with van der Waals surface area (Å²) >= 11 is 0. The molecule has 1 fully saturated rings. The number of hydrogen-bond donors (Lipinski definition) is 3. The summed E-state index contributed by atoms with van der Waals surface area (Å²) in [5, 5.41) is 17.2. The Morgan fingerprint density at radius 3 is 2.52 bits per heavy atom. The van der Waals surface area contributed by atoms with E-state index in [9.17, 15) is 5.11 Å². The maximum atomic E-state index is 10.7. The van der Waals surface area contributed by atoms with Crippen molar-refractivity contribution < 1.29 is 14.6 Å². The monoisotopic (exact) mass is 406 g/mol. The molecule has 0 bridgehead atoms. The van der Waals surface area contributed by atoms with Crippen LogP contribution < -0.4 is 20.1 Å². The Labute approximate surface area is 175 Å². The van der Waals surface area contributed by atoms with Gasteiger partial charge in [-0.15, -0.1) is 0 Å². The van der Waals surface area contributed by atoms with Crippen molar-refractivity contribution in [3.05, 3.63) is 23.8 Å². The van der Waals surface area contributed by atoms with Gasteiger partial charge in [-0.25, -0.2) is 0 Å². The lowest BCUT2D eigenvalue weighted by Gasteiger charge is -2.40. The number of methoxy groups -OCH3 is 2. The van der Waals surface area contributed by atoms with E-state index in [0.717, 1.165) is 19.6 Å². The van der Waals surface area contributed by atoms with Crippen molar-refractivity contribution in [2.75, 3.05) is 46.9 Å². The lowest BCUT2D eigenvalue weighted by molar-refractivity contribution is 0.102. The summed E-state index contributed by atoms with van der Waals surface area (Å²) in [5.41, 5.74) is 0.695. The average molecular weight is 407 g/mol. The van der Waals surface area contributed by atoms with Crippen LogP contribution in [0.15, 0.2) is 23.2 Å². The van der Waals surface area contributed by atoms with Crippen LogP contribution in [-0.4, -0.2) is 68.4 Å². The van der Waals surface area contributed by atoms with E-state index in [1.165, 1.54) is 19.3 Å². The van der Waals surface area contributed by atoms with Crippen molar-refractivity contribution in [1.29, 1.82) is 0 Å². The van der Waals surface area contributed by atoms with E-state index in [1.54, 1.807) is 26.4 Å². The maximum absolute atomic E-state index is 10.7. The highest BCUT2D eigenvalue weighted by Crippen LogP contribution is 2.29. The van der Waals surface area contributed by atoms with Gasteiger partial charge in [0.25, 0.3) is 0 Å². The number of guanidine groups is 1. The molecule has 0 amide bonds. The Morgan fingerprint density at radius 2 is 1.90 bits per heavy atom. The molecule has 1 aromatic carbocycles. The smallest absolute Gasteiger partial charge is 0.191 e. The second kappa shape index (κ2) is 11.3. The number of hydrogen-bond acceptors (Lipinski definition) is 5. The van der Waals surface area contributed by atoms with Crippen LogP contribution in [0.25, 0.3) is 0 Å². The predicted molar refractivity (Wildman–Crippen MR) is 118 cm³/mol. The quantitative estimate of drug-likeness (QED) is 0.432. The lowest BCUT2D eigenvalue weighted by atomic mass is 9.99. The fourth-order valence-corrected chi connectivity index (χ4v) is 3.62. The van der Waals surface area contributed by atoms with Gasteiger partial charge in [0.1, 0.15) is 11.5 Å². The zero-order valence-electron chi connectivity index (χ0n) is 18.6. The summed E-state index contributed by atoms with van der Waals surface area (Å²) in [7, 11) is 3.20. The first-order valence-corrected chi connectivity index (χ1v) is 10.6. The number of benzene rings is 1. The van der Waals surface area contributed by atoms with Crippen LogP contribution in [-0.2, 0) is 0 Å². The van der Waals surface area contributed by atoms with Gasteiger partial charge in [0.2, 0.25) is 0 Å². The Balaban J connectivity index is 2.02. The number of ether oxygens (including phenoxy) is 2. The van der Waals surface area contributed by atoms with Gasteiger partial charge in [0.05, 0.1) is 26.9 Å². The van der Waals surface area contributed by atoms with Crippen LogP contribution in [0, 0.1) is 0 Å². The fourth-order valence-electron chi connectivity index (χ4n) is 3.62. The molecule has 2 rings (SSSR count). The van der Waals surface area contributed by atoms with E-state index in [-0.39, 0.29) is 5.54 Å². The summed E-state index contributed by atoms with van der Waals surface area (Å²) in [6.07, 6.45) is 3.10. The van der Waals surface area contributed by atoms with Gasteiger partial charge in [-0.05, 0) is 64.9 Å². The lowest BCUT2D eigenvalue weighted by Crippen LogP contribution is -2.49. The Bertz CT molecular complexity index is 657. The largest absolute Gasteiger partial charge is 0.497 e. The molecule has 1 aliphatic heterocycles. The van der Waals surface area contributed by atoms with Crippen LogP contribution in [0.2, 0.25) is 0 Å². The van der Waals surface area contributed by atoms with Crippen molar-refractivity contribution in [1.82, 2.24) is 15.5 Å². The minimum Gasteiger partial charge on any atom is -0.497 e. The van der Waals surface area contributed by atoms with Gasteiger partial charge in [-0.1, -0.05) is 6.42 Å². The second-order valence-electron chi connectivity index (χ2n) is 8.06. The zero-order valence-corrected chi connectivity index (χ0v) is 18.6. The number of nitrogens with zero attached hydrogens (tertiary/aromatic N) is 2. The Morgan fingerprint density at radius 1 is 1.17 bits per heavy atom. The van der Waals surface area contributed by atoms with Gasteiger partial charge in [0, 0.05) is 24.2 Å². The third-order valence-corrected chi connectivity index (χ3v) is 5.44. The molecule has 29 heavy (non-hydrogen) atoms. The number of piperidine rings is 1. The summed E-state index contributed by atoms with van der Waals surface area (Å²) < 4.78 is 10.7. The molecule has 1 atom stereocenters. The van der Waals surface area contributed by atoms with Gasteiger partial charge < -0.3 is 25.2 Å².